The highest BCUT2D eigenvalue weighted by Crippen LogP contribution is 2.59. The normalized spacial score (nSPS) is 23.0. The molecule has 3 aromatic rings. The molecule has 23 heavy (non-hydrogen) atoms. The Balaban J connectivity index is 1.74. The molecule has 116 valence electrons. The number of nitrogens with zero attached hydrogens (tertiary/aromatic N) is 3. The zero-order valence-electron chi connectivity index (χ0n) is 12.1. The van der Waals surface area contributed by atoms with E-state index in [4.69, 9.17) is 16.3 Å². The number of hydrogen-bond acceptors (Lipinski definition) is 3. The van der Waals surface area contributed by atoms with Crippen molar-refractivity contribution in [1.82, 2.24) is 14.8 Å². The van der Waals surface area contributed by atoms with Gasteiger partial charge >= 0.3 is 0 Å². The summed E-state index contributed by atoms with van der Waals surface area (Å²) in [5, 5.41) is 8.31. The third-order valence-electron chi connectivity index (χ3n) is 4.10. The molecule has 4 nitrogen and oxygen atoms in total. The number of aromatic nitrogens is 3. The van der Waals surface area contributed by atoms with Gasteiger partial charge in [0.25, 0.3) is 0 Å². The van der Waals surface area contributed by atoms with Crippen molar-refractivity contribution >= 4 is 11.6 Å². The fourth-order valence-corrected chi connectivity index (χ4v) is 3.15. The molecule has 1 fully saturated rings. The van der Waals surface area contributed by atoms with E-state index < -0.39 is 5.60 Å². The minimum Gasteiger partial charge on any atom is -0.354 e. The standard InChI is InChI=1S/C17H13ClFN3O/c18-15-4-2-1-3-14(15)16-17(23-16,9-22-10-20-21-11-22)12-5-7-13(19)8-6-12/h1-8,10-11,16H,9H2. The average molecular weight is 330 g/mol. The van der Waals surface area contributed by atoms with Crippen LogP contribution in [0.25, 0.3) is 0 Å². The number of halogens is 2. The Kier molecular flexibility index (Phi) is 3.39. The summed E-state index contributed by atoms with van der Waals surface area (Å²) in [7, 11) is 0. The van der Waals surface area contributed by atoms with Crippen LogP contribution in [0, 0.1) is 5.82 Å². The van der Waals surface area contributed by atoms with Crippen LogP contribution >= 0.6 is 11.6 Å². The van der Waals surface area contributed by atoms with Gasteiger partial charge in [0.2, 0.25) is 0 Å². The molecule has 2 unspecified atom stereocenters. The van der Waals surface area contributed by atoms with Crippen molar-refractivity contribution in [2.45, 2.75) is 18.2 Å². The molecule has 4 rings (SSSR count). The van der Waals surface area contributed by atoms with E-state index in [9.17, 15) is 4.39 Å². The molecule has 2 heterocycles. The molecule has 0 aliphatic carbocycles. The summed E-state index contributed by atoms with van der Waals surface area (Å²) in [5.41, 5.74) is 1.23. The van der Waals surface area contributed by atoms with E-state index in [0.29, 0.717) is 11.6 Å². The summed E-state index contributed by atoms with van der Waals surface area (Å²) in [6.07, 6.45) is 3.08. The van der Waals surface area contributed by atoms with Gasteiger partial charge in [0, 0.05) is 10.6 Å². The summed E-state index contributed by atoms with van der Waals surface area (Å²) < 4.78 is 21.2. The van der Waals surface area contributed by atoms with Gasteiger partial charge in [-0.05, 0) is 23.8 Å². The molecule has 0 saturated carbocycles. The first-order valence-corrected chi connectivity index (χ1v) is 7.57. The Hall–Kier alpha value is -2.24. The Morgan fingerprint density at radius 3 is 2.48 bits per heavy atom. The second-order valence-electron chi connectivity index (χ2n) is 5.55. The van der Waals surface area contributed by atoms with Crippen LogP contribution in [0.3, 0.4) is 0 Å². The second-order valence-corrected chi connectivity index (χ2v) is 5.96. The van der Waals surface area contributed by atoms with E-state index in [1.54, 1.807) is 24.8 Å². The summed E-state index contributed by atoms with van der Waals surface area (Å²) in [6.45, 7) is 0.529. The first kappa shape index (κ1) is 14.4. The summed E-state index contributed by atoms with van der Waals surface area (Å²) in [6, 6.07) is 14.0. The van der Waals surface area contributed by atoms with Gasteiger partial charge in [0.1, 0.15) is 30.2 Å². The predicted molar refractivity (Wildman–Crippen MR) is 83.4 cm³/mol. The van der Waals surface area contributed by atoms with Crippen molar-refractivity contribution in [1.29, 1.82) is 0 Å². The molecular weight excluding hydrogens is 317 g/mol. The van der Waals surface area contributed by atoms with Crippen LogP contribution in [0.1, 0.15) is 17.2 Å². The third-order valence-corrected chi connectivity index (χ3v) is 4.44. The maximum Gasteiger partial charge on any atom is 0.142 e. The van der Waals surface area contributed by atoms with Gasteiger partial charge in [-0.15, -0.1) is 10.2 Å². The highest BCUT2D eigenvalue weighted by molar-refractivity contribution is 6.31. The maximum atomic E-state index is 13.3. The smallest absolute Gasteiger partial charge is 0.142 e. The van der Waals surface area contributed by atoms with E-state index in [2.05, 4.69) is 10.2 Å². The highest BCUT2D eigenvalue weighted by Gasteiger charge is 2.59. The van der Waals surface area contributed by atoms with Crippen molar-refractivity contribution in [3.8, 4) is 0 Å². The van der Waals surface area contributed by atoms with Gasteiger partial charge in [-0.25, -0.2) is 4.39 Å². The first-order chi connectivity index (χ1) is 11.2. The molecule has 1 saturated heterocycles. The van der Waals surface area contributed by atoms with Crippen LogP contribution in [0.2, 0.25) is 5.02 Å². The Labute approximate surface area is 137 Å². The number of rotatable bonds is 4. The van der Waals surface area contributed by atoms with Crippen LogP contribution in [0.15, 0.2) is 61.2 Å². The lowest BCUT2D eigenvalue weighted by Crippen LogP contribution is -2.18. The van der Waals surface area contributed by atoms with E-state index in [0.717, 1.165) is 11.1 Å². The second kappa shape index (κ2) is 5.44. The third kappa shape index (κ3) is 2.52. The molecular formula is C17H13ClFN3O. The van der Waals surface area contributed by atoms with Crippen molar-refractivity contribution in [2.75, 3.05) is 0 Å². The Morgan fingerprint density at radius 2 is 1.78 bits per heavy atom. The van der Waals surface area contributed by atoms with Gasteiger partial charge in [-0.2, -0.15) is 0 Å². The van der Waals surface area contributed by atoms with Crippen LogP contribution in [0.5, 0.6) is 0 Å². The van der Waals surface area contributed by atoms with E-state index >= 15 is 0 Å². The number of ether oxygens (including phenoxy) is 1. The largest absolute Gasteiger partial charge is 0.354 e. The molecule has 0 spiro atoms. The van der Waals surface area contributed by atoms with Gasteiger partial charge in [0.15, 0.2) is 0 Å². The van der Waals surface area contributed by atoms with Crippen LogP contribution in [0.4, 0.5) is 4.39 Å². The molecule has 2 atom stereocenters. The molecule has 2 aromatic carbocycles. The van der Waals surface area contributed by atoms with E-state index in [1.807, 2.05) is 28.8 Å². The average Bonchev–Trinajstić information content (AvgIpc) is 3.02. The van der Waals surface area contributed by atoms with Gasteiger partial charge in [-0.1, -0.05) is 41.9 Å². The minimum absolute atomic E-state index is 0.191. The number of hydrogen-bond donors (Lipinski definition) is 0. The van der Waals surface area contributed by atoms with E-state index in [1.165, 1.54) is 12.1 Å². The fourth-order valence-electron chi connectivity index (χ4n) is 2.92. The predicted octanol–water partition coefficient (Wildman–Crippen LogP) is 3.74. The quantitative estimate of drug-likeness (QED) is 0.685. The Bertz CT molecular complexity index is 822. The number of epoxide rings is 1. The maximum absolute atomic E-state index is 13.3. The highest BCUT2D eigenvalue weighted by atomic mass is 35.5. The lowest BCUT2D eigenvalue weighted by atomic mass is 9.91. The Morgan fingerprint density at radius 1 is 1.09 bits per heavy atom. The van der Waals surface area contributed by atoms with Crippen LogP contribution in [-0.4, -0.2) is 14.8 Å². The minimum atomic E-state index is -0.596. The van der Waals surface area contributed by atoms with Gasteiger partial charge in [-0.3, -0.25) is 0 Å². The molecule has 0 radical (unpaired) electrons. The molecule has 1 aliphatic rings. The molecule has 0 N–H and O–H groups in total. The molecule has 0 bridgehead atoms. The van der Waals surface area contributed by atoms with Crippen molar-refractivity contribution in [3.05, 3.63) is 83.2 Å². The van der Waals surface area contributed by atoms with Crippen molar-refractivity contribution in [3.63, 3.8) is 0 Å². The van der Waals surface area contributed by atoms with Gasteiger partial charge < -0.3 is 9.30 Å². The monoisotopic (exact) mass is 329 g/mol. The van der Waals surface area contributed by atoms with Crippen LogP contribution in [-0.2, 0) is 16.9 Å². The molecule has 1 aromatic heterocycles. The summed E-state index contributed by atoms with van der Waals surface area (Å²) >= 11 is 6.31. The SMILES string of the molecule is Fc1ccc(C2(Cn3cnnc3)OC2c2ccccc2Cl)cc1. The molecule has 1 aliphatic heterocycles. The number of benzene rings is 2. The van der Waals surface area contributed by atoms with Gasteiger partial charge in [0.05, 0.1) is 6.54 Å². The lowest BCUT2D eigenvalue weighted by molar-refractivity contribution is 0.269. The lowest BCUT2D eigenvalue weighted by Gasteiger charge is -2.14. The summed E-state index contributed by atoms with van der Waals surface area (Å²) in [5.74, 6) is -0.275. The van der Waals surface area contributed by atoms with Crippen molar-refractivity contribution in [2.24, 2.45) is 0 Å². The first-order valence-electron chi connectivity index (χ1n) is 7.20. The van der Waals surface area contributed by atoms with Crippen molar-refractivity contribution < 1.29 is 9.13 Å². The van der Waals surface area contributed by atoms with E-state index in [-0.39, 0.29) is 11.9 Å². The molecule has 0 amide bonds. The summed E-state index contributed by atoms with van der Waals surface area (Å²) in [4.78, 5) is 0. The zero-order chi connectivity index (χ0) is 15.9. The molecule has 6 heteroatoms. The topological polar surface area (TPSA) is 43.2 Å². The zero-order valence-corrected chi connectivity index (χ0v) is 12.8. The van der Waals surface area contributed by atoms with Crippen LogP contribution < -0.4 is 0 Å². The fraction of sp³-hybridized carbons (Fsp3) is 0.176.